The summed E-state index contributed by atoms with van der Waals surface area (Å²) in [5.41, 5.74) is 7.17. The van der Waals surface area contributed by atoms with Crippen LogP contribution in [0, 0.1) is 0 Å². The predicted octanol–water partition coefficient (Wildman–Crippen LogP) is 3.86. The summed E-state index contributed by atoms with van der Waals surface area (Å²) in [4.78, 5) is 20.4. The average Bonchev–Trinajstić information content (AvgIpc) is 2.75. The number of hydrogen-bond acceptors (Lipinski definition) is 4. The molecule has 0 aliphatic carbocycles. The fourth-order valence-corrected chi connectivity index (χ4v) is 3.98. The number of rotatable bonds is 6. The molecule has 154 valence electrons. The van der Waals surface area contributed by atoms with Gasteiger partial charge in [-0.2, -0.15) is 0 Å². The van der Waals surface area contributed by atoms with Crippen LogP contribution in [0.1, 0.15) is 25.3 Å². The summed E-state index contributed by atoms with van der Waals surface area (Å²) >= 11 is 1.74. The van der Waals surface area contributed by atoms with Gasteiger partial charge in [0, 0.05) is 28.9 Å². The van der Waals surface area contributed by atoms with Crippen LogP contribution in [0.5, 0.6) is 0 Å². The van der Waals surface area contributed by atoms with E-state index in [0.29, 0.717) is 32.2 Å². The molecule has 7 heteroatoms. The Morgan fingerprint density at radius 2 is 1.79 bits per heavy atom. The van der Waals surface area contributed by atoms with Crippen molar-refractivity contribution in [1.29, 1.82) is 0 Å². The highest BCUT2D eigenvalue weighted by Gasteiger charge is 2.23. The van der Waals surface area contributed by atoms with Gasteiger partial charge in [-0.1, -0.05) is 42.1 Å². The Hall–Kier alpha value is -2.67. The van der Waals surface area contributed by atoms with Crippen LogP contribution in [-0.4, -0.2) is 42.7 Å². The van der Waals surface area contributed by atoms with E-state index in [1.54, 1.807) is 16.7 Å². The Bertz CT molecular complexity index is 803. The van der Waals surface area contributed by atoms with E-state index >= 15 is 0 Å². The lowest BCUT2D eigenvalue weighted by Gasteiger charge is -2.31. The molecule has 1 heterocycles. The molecule has 1 saturated heterocycles. The molecule has 0 saturated carbocycles. The van der Waals surface area contributed by atoms with Crippen LogP contribution in [0.15, 0.2) is 69.4 Å². The Balaban J connectivity index is 1.43. The van der Waals surface area contributed by atoms with E-state index in [2.05, 4.69) is 46.7 Å². The molecule has 0 bridgehead atoms. The summed E-state index contributed by atoms with van der Waals surface area (Å²) in [6, 6.07) is 18.9. The topological polar surface area (TPSA) is 80.0 Å². The summed E-state index contributed by atoms with van der Waals surface area (Å²) in [5, 5.41) is 3.27. The zero-order valence-electron chi connectivity index (χ0n) is 16.7. The number of carbonyl (C=O) groups is 1. The van der Waals surface area contributed by atoms with E-state index in [9.17, 15) is 4.79 Å². The van der Waals surface area contributed by atoms with Gasteiger partial charge in [-0.05, 0) is 49.6 Å². The van der Waals surface area contributed by atoms with Crippen molar-refractivity contribution in [2.45, 2.75) is 42.1 Å². The highest BCUT2D eigenvalue weighted by Crippen LogP contribution is 2.27. The zero-order chi connectivity index (χ0) is 20.5. The first-order chi connectivity index (χ1) is 14.1. The Kier molecular flexibility index (Phi) is 7.81. The van der Waals surface area contributed by atoms with Gasteiger partial charge in [0.25, 0.3) is 0 Å². The molecule has 0 radical (unpaired) electrons. The molecule has 1 aliphatic rings. The van der Waals surface area contributed by atoms with Gasteiger partial charge in [0.2, 0.25) is 0 Å². The SMILES string of the molecule is CCOC(=O)N1CCC(NC(N)=NCc2ccc(Sc3ccccc3)cc2)CC1. The summed E-state index contributed by atoms with van der Waals surface area (Å²) in [7, 11) is 0. The molecule has 0 aromatic heterocycles. The van der Waals surface area contributed by atoms with Gasteiger partial charge in [0.15, 0.2) is 5.96 Å². The van der Waals surface area contributed by atoms with Crippen molar-refractivity contribution in [3.63, 3.8) is 0 Å². The van der Waals surface area contributed by atoms with Crippen LogP contribution in [-0.2, 0) is 11.3 Å². The summed E-state index contributed by atoms with van der Waals surface area (Å²) in [6.07, 6.45) is 1.43. The molecule has 3 rings (SSSR count). The van der Waals surface area contributed by atoms with E-state index in [-0.39, 0.29) is 12.1 Å². The molecule has 0 unspecified atom stereocenters. The van der Waals surface area contributed by atoms with Crippen molar-refractivity contribution in [2.75, 3.05) is 19.7 Å². The minimum absolute atomic E-state index is 0.231. The van der Waals surface area contributed by atoms with Gasteiger partial charge in [-0.25, -0.2) is 9.79 Å². The third-order valence-corrected chi connectivity index (χ3v) is 5.72. The van der Waals surface area contributed by atoms with Crippen LogP contribution in [0.25, 0.3) is 0 Å². The second kappa shape index (κ2) is 10.8. The van der Waals surface area contributed by atoms with Crippen molar-refractivity contribution in [3.8, 4) is 0 Å². The van der Waals surface area contributed by atoms with Crippen molar-refractivity contribution in [2.24, 2.45) is 10.7 Å². The van der Waals surface area contributed by atoms with E-state index in [0.717, 1.165) is 18.4 Å². The van der Waals surface area contributed by atoms with Crippen molar-refractivity contribution < 1.29 is 9.53 Å². The molecule has 0 atom stereocenters. The molecule has 0 spiro atoms. The monoisotopic (exact) mass is 412 g/mol. The van der Waals surface area contributed by atoms with Crippen LogP contribution in [0.3, 0.4) is 0 Å². The van der Waals surface area contributed by atoms with Gasteiger partial charge in [-0.3, -0.25) is 0 Å². The van der Waals surface area contributed by atoms with Gasteiger partial charge in [0.1, 0.15) is 0 Å². The fraction of sp³-hybridized carbons (Fsp3) is 0.364. The first-order valence-corrected chi connectivity index (χ1v) is 10.8. The molecule has 3 N–H and O–H groups in total. The molecule has 1 aliphatic heterocycles. The minimum Gasteiger partial charge on any atom is -0.450 e. The largest absolute Gasteiger partial charge is 0.450 e. The highest BCUT2D eigenvalue weighted by atomic mass is 32.2. The van der Waals surface area contributed by atoms with Crippen LogP contribution < -0.4 is 11.1 Å². The third kappa shape index (κ3) is 6.71. The standard InChI is InChI=1S/C22H28N4O2S/c1-2-28-22(27)26-14-12-18(13-15-26)25-21(23)24-16-17-8-10-20(11-9-17)29-19-6-4-3-5-7-19/h3-11,18H,2,12-16H2,1H3,(H3,23,24,25). The number of guanidine groups is 1. The van der Waals surface area contributed by atoms with E-state index in [1.165, 1.54) is 9.79 Å². The Labute approximate surface area is 176 Å². The molecule has 29 heavy (non-hydrogen) atoms. The lowest BCUT2D eigenvalue weighted by atomic mass is 10.1. The van der Waals surface area contributed by atoms with Gasteiger partial charge in [-0.15, -0.1) is 0 Å². The normalized spacial score (nSPS) is 15.2. The molecule has 2 aromatic rings. The van der Waals surface area contributed by atoms with Crippen molar-refractivity contribution in [1.82, 2.24) is 10.2 Å². The second-order valence-corrected chi connectivity index (χ2v) is 8.01. The van der Waals surface area contributed by atoms with E-state index in [4.69, 9.17) is 10.5 Å². The third-order valence-electron chi connectivity index (χ3n) is 4.71. The number of ether oxygens (including phenoxy) is 1. The van der Waals surface area contributed by atoms with Crippen molar-refractivity contribution in [3.05, 3.63) is 60.2 Å². The van der Waals surface area contributed by atoms with Crippen molar-refractivity contribution >= 4 is 23.8 Å². The number of hydrogen-bond donors (Lipinski definition) is 2. The van der Waals surface area contributed by atoms with E-state index < -0.39 is 0 Å². The number of benzene rings is 2. The lowest BCUT2D eigenvalue weighted by Crippen LogP contribution is -2.48. The smallest absolute Gasteiger partial charge is 0.409 e. The maximum absolute atomic E-state index is 11.7. The summed E-state index contributed by atoms with van der Waals surface area (Å²) < 4.78 is 5.04. The Morgan fingerprint density at radius 1 is 1.14 bits per heavy atom. The number of nitrogens with one attached hydrogen (secondary N) is 1. The van der Waals surface area contributed by atoms with E-state index in [1.807, 2.05) is 25.1 Å². The van der Waals surface area contributed by atoms with Crippen LogP contribution >= 0.6 is 11.8 Å². The van der Waals surface area contributed by atoms with Crippen LogP contribution in [0.4, 0.5) is 4.79 Å². The fourth-order valence-electron chi connectivity index (χ4n) is 3.14. The molecule has 1 fully saturated rings. The number of likely N-dealkylation sites (tertiary alicyclic amines) is 1. The number of carbonyl (C=O) groups excluding carboxylic acids is 1. The van der Waals surface area contributed by atoms with Gasteiger partial charge >= 0.3 is 6.09 Å². The van der Waals surface area contributed by atoms with Gasteiger partial charge < -0.3 is 20.7 Å². The van der Waals surface area contributed by atoms with Gasteiger partial charge in [0.05, 0.1) is 13.2 Å². The second-order valence-electron chi connectivity index (χ2n) is 6.87. The molecule has 2 aromatic carbocycles. The predicted molar refractivity (Wildman–Crippen MR) is 117 cm³/mol. The lowest BCUT2D eigenvalue weighted by molar-refractivity contribution is 0.0963. The number of nitrogens with zero attached hydrogens (tertiary/aromatic N) is 2. The number of piperidine rings is 1. The quantitative estimate of drug-likeness (QED) is 0.556. The molecular weight excluding hydrogens is 384 g/mol. The van der Waals surface area contributed by atoms with Crippen LogP contribution in [0.2, 0.25) is 0 Å². The zero-order valence-corrected chi connectivity index (χ0v) is 17.5. The number of nitrogens with two attached hydrogens (primary N) is 1. The first-order valence-electron chi connectivity index (χ1n) is 9.94. The maximum atomic E-state index is 11.7. The highest BCUT2D eigenvalue weighted by molar-refractivity contribution is 7.99. The minimum atomic E-state index is -0.235. The molecule has 1 amide bonds. The maximum Gasteiger partial charge on any atom is 0.409 e. The molecular formula is C22H28N4O2S. The average molecular weight is 413 g/mol. The number of amides is 1. The summed E-state index contributed by atoms with van der Waals surface area (Å²) in [5.74, 6) is 0.447. The Morgan fingerprint density at radius 3 is 2.45 bits per heavy atom. The molecule has 6 nitrogen and oxygen atoms in total. The summed E-state index contributed by atoms with van der Waals surface area (Å²) in [6.45, 7) is 4.10. The number of aliphatic imine (C=N–C) groups is 1. The first kappa shape index (κ1) is 21.0.